The normalized spacial score (nSPS) is 12.0. The van der Waals surface area contributed by atoms with Gasteiger partial charge in [0.15, 0.2) is 5.65 Å². The van der Waals surface area contributed by atoms with Crippen molar-refractivity contribution in [1.82, 2.24) is 14.6 Å². The fourth-order valence-electron chi connectivity index (χ4n) is 2.03. The molecule has 0 amide bonds. The Hall–Kier alpha value is -2.08. The van der Waals surface area contributed by atoms with Crippen LogP contribution >= 0.6 is 11.6 Å². The number of alkyl halides is 3. The Morgan fingerprint density at radius 1 is 1.10 bits per heavy atom. The number of hydrogen-bond donors (Lipinski definition) is 0. The maximum atomic E-state index is 12.8. The van der Waals surface area contributed by atoms with Gasteiger partial charge in [0.05, 0.1) is 5.69 Å². The van der Waals surface area contributed by atoms with Crippen molar-refractivity contribution < 1.29 is 13.2 Å². The summed E-state index contributed by atoms with van der Waals surface area (Å²) < 4.78 is 39.7. The SMILES string of the molecule is Cc1cc(C(F)(F)F)nc2cc(-c3ccc(Cl)cc3)nn12. The largest absolute Gasteiger partial charge is 0.433 e. The molecule has 0 aliphatic carbocycles. The lowest BCUT2D eigenvalue weighted by Gasteiger charge is -2.07. The van der Waals surface area contributed by atoms with Crippen LogP contribution in [0.1, 0.15) is 11.4 Å². The summed E-state index contributed by atoms with van der Waals surface area (Å²) in [6, 6.07) is 9.40. The van der Waals surface area contributed by atoms with Gasteiger partial charge in [-0.1, -0.05) is 23.7 Å². The van der Waals surface area contributed by atoms with Crippen molar-refractivity contribution in [2.24, 2.45) is 0 Å². The molecule has 3 aromatic rings. The molecular weight excluding hydrogens is 303 g/mol. The van der Waals surface area contributed by atoms with Gasteiger partial charge in [-0.3, -0.25) is 0 Å². The van der Waals surface area contributed by atoms with Gasteiger partial charge in [0.1, 0.15) is 5.69 Å². The molecule has 0 aliphatic heterocycles. The third kappa shape index (κ3) is 2.58. The van der Waals surface area contributed by atoms with E-state index in [1.807, 2.05) is 0 Å². The molecule has 0 saturated heterocycles. The summed E-state index contributed by atoms with van der Waals surface area (Å²) in [4.78, 5) is 3.62. The van der Waals surface area contributed by atoms with E-state index in [9.17, 15) is 13.2 Å². The fraction of sp³-hybridized carbons (Fsp3) is 0.143. The third-order valence-electron chi connectivity index (χ3n) is 3.04. The van der Waals surface area contributed by atoms with Gasteiger partial charge in [-0.05, 0) is 25.1 Å². The minimum Gasteiger partial charge on any atom is -0.224 e. The van der Waals surface area contributed by atoms with E-state index in [-0.39, 0.29) is 5.65 Å². The molecule has 2 aromatic heterocycles. The van der Waals surface area contributed by atoms with Crippen molar-refractivity contribution in [3.63, 3.8) is 0 Å². The van der Waals surface area contributed by atoms with Crippen LogP contribution in [0.25, 0.3) is 16.9 Å². The standard InChI is InChI=1S/C14H9ClF3N3/c1-8-6-12(14(16,17)18)19-13-7-11(20-21(8)13)9-2-4-10(15)5-3-9/h2-7H,1H3. The van der Waals surface area contributed by atoms with Gasteiger partial charge in [0, 0.05) is 22.3 Å². The molecular formula is C14H9ClF3N3. The predicted octanol–water partition coefficient (Wildman–Crippen LogP) is 4.38. The molecule has 2 heterocycles. The molecule has 0 bridgehead atoms. The van der Waals surface area contributed by atoms with E-state index in [4.69, 9.17) is 11.6 Å². The molecule has 21 heavy (non-hydrogen) atoms. The molecule has 0 saturated carbocycles. The topological polar surface area (TPSA) is 30.2 Å². The number of aryl methyl sites for hydroxylation is 1. The Labute approximate surface area is 123 Å². The number of benzene rings is 1. The van der Waals surface area contributed by atoms with Crippen molar-refractivity contribution in [1.29, 1.82) is 0 Å². The first kappa shape index (κ1) is 13.9. The molecule has 1 aromatic carbocycles. The van der Waals surface area contributed by atoms with Gasteiger partial charge < -0.3 is 0 Å². The second-order valence-electron chi connectivity index (χ2n) is 4.59. The Kier molecular flexibility index (Phi) is 3.13. The van der Waals surface area contributed by atoms with Crippen LogP contribution in [0, 0.1) is 6.92 Å². The van der Waals surface area contributed by atoms with E-state index in [1.54, 1.807) is 31.2 Å². The van der Waals surface area contributed by atoms with E-state index in [2.05, 4.69) is 10.1 Å². The van der Waals surface area contributed by atoms with Gasteiger partial charge in [-0.2, -0.15) is 18.3 Å². The Morgan fingerprint density at radius 3 is 2.38 bits per heavy atom. The lowest BCUT2D eigenvalue weighted by molar-refractivity contribution is -0.141. The van der Waals surface area contributed by atoms with Gasteiger partial charge >= 0.3 is 6.18 Å². The van der Waals surface area contributed by atoms with E-state index in [0.29, 0.717) is 16.4 Å². The zero-order valence-electron chi connectivity index (χ0n) is 10.8. The van der Waals surface area contributed by atoms with Crippen LogP contribution in [0.15, 0.2) is 36.4 Å². The molecule has 3 rings (SSSR count). The Bertz CT molecular complexity index is 807. The zero-order valence-corrected chi connectivity index (χ0v) is 11.6. The summed E-state index contributed by atoms with van der Waals surface area (Å²) in [5.41, 5.74) is 0.911. The number of nitrogens with zero attached hydrogens (tertiary/aromatic N) is 3. The highest BCUT2D eigenvalue weighted by molar-refractivity contribution is 6.30. The van der Waals surface area contributed by atoms with Crippen LogP contribution < -0.4 is 0 Å². The third-order valence-corrected chi connectivity index (χ3v) is 3.29. The summed E-state index contributed by atoms with van der Waals surface area (Å²) in [5.74, 6) is 0. The summed E-state index contributed by atoms with van der Waals surface area (Å²) in [6.07, 6.45) is -4.47. The highest BCUT2D eigenvalue weighted by atomic mass is 35.5. The first-order valence-corrected chi connectivity index (χ1v) is 6.43. The van der Waals surface area contributed by atoms with Gasteiger partial charge in [0.2, 0.25) is 0 Å². The number of hydrogen-bond acceptors (Lipinski definition) is 2. The molecule has 0 unspecified atom stereocenters. The fourth-order valence-corrected chi connectivity index (χ4v) is 2.16. The molecule has 0 fully saturated rings. The minimum atomic E-state index is -4.47. The summed E-state index contributed by atoms with van der Waals surface area (Å²) >= 11 is 5.81. The van der Waals surface area contributed by atoms with E-state index < -0.39 is 11.9 Å². The maximum Gasteiger partial charge on any atom is 0.433 e. The van der Waals surface area contributed by atoms with Crippen LogP contribution in [0.3, 0.4) is 0 Å². The molecule has 0 spiro atoms. The number of halogens is 4. The highest BCUT2D eigenvalue weighted by Gasteiger charge is 2.33. The lowest BCUT2D eigenvalue weighted by Crippen LogP contribution is -2.10. The first-order valence-electron chi connectivity index (χ1n) is 6.05. The van der Waals surface area contributed by atoms with Gasteiger partial charge in [-0.15, -0.1) is 0 Å². The molecule has 0 radical (unpaired) electrons. The molecule has 0 atom stereocenters. The average Bonchev–Trinajstić information content (AvgIpc) is 2.83. The van der Waals surface area contributed by atoms with Crippen LogP contribution in [0.5, 0.6) is 0 Å². The average molecular weight is 312 g/mol. The Morgan fingerprint density at radius 2 is 1.76 bits per heavy atom. The molecule has 0 N–H and O–H groups in total. The quantitative estimate of drug-likeness (QED) is 0.667. The molecule has 108 valence electrons. The summed E-state index contributed by atoms with van der Waals surface area (Å²) in [6.45, 7) is 1.56. The lowest BCUT2D eigenvalue weighted by atomic mass is 10.2. The maximum absolute atomic E-state index is 12.8. The van der Waals surface area contributed by atoms with Crippen molar-refractivity contribution in [2.75, 3.05) is 0 Å². The number of rotatable bonds is 1. The smallest absolute Gasteiger partial charge is 0.224 e. The van der Waals surface area contributed by atoms with Crippen LogP contribution in [0.2, 0.25) is 5.02 Å². The van der Waals surface area contributed by atoms with E-state index in [1.165, 1.54) is 10.6 Å². The highest BCUT2D eigenvalue weighted by Crippen LogP contribution is 2.29. The monoisotopic (exact) mass is 311 g/mol. The molecule has 0 aliphatic rings. The van der Waals surface area contributed by atoms with Crippen LogP contribution in [-0.4, -0.2) is 14.6 Å². The number of aromatic nitrogens is 3. The first-order chi connectivity index (χ1) is 9.84. The second-order valence-corrected chi connectivity index (χ2v) is 5.02. The van der Waals surface area contributed by atoms with Gasteiger partial charge in [0.25, 0.3) is 0 Å². The summed E-state index contributed by atoms with van der Waals surface area (Å²) in [5, 5.41) is 4.86. The van der Waals surface area contributed by atoms with Crippen LogP contribution in [0.4, 0.5) is 13.2 Å². The molecule has 3 nitrogen and oxygen atoms in total. The zero-order chi connectivity index (χ0) is 15.2. The van der Waals surface area contributed by atoms with E-state index >= 15 is 0 Å². The van der Waals surface area contributed by atoms with Crippen molar-refractivity contribution in [3.8, 4) is 11.3 Å². The Balaban J connectivity index is 2.16. The predicted molar refractivity (Wildman–Crippen MR) is 73.2 cm³/mol. The van der Waals surface area contributed by atoms with Gasteiger partial charge in [-0.25, -0.2) is 9.50 Å². The van der Waals surface area contributed by atoms with Crippen molar-refractivity contribution in [3.05, 3.63) is 52.8 Å². The minimum absolute atomic E-state index is 0.160. The van der Waals surface area contributed by atoms with Crippen molar-refractivity contribution >= 4 is 17.2 Å². The number of fused-ring (bicyclic) bond motifs is 1. The summed E-state index contributed by atoms with van der Waals surface area (Å²) in [7, 11) is 0. The van der Waals surface area contributed by atoms with Crippen molar-refractivity contribution in [2.45, 2.75) is 13.1 Å². The molecule has 7 heteroatoms. The van der Waals surface area contributed by atoms with E-state index in [0.717, 1.165) is 11.6 Å². The second kappa shape index (κ2) is 4.73. The van der Waals surface area contributed by atoms with Crippen LogP contribution in [-0.2, 0) is 6.18 Å².